The van der Waals surface area contributed by atoms with Crippen molar-refractivity contribution in [3.05, 3.63) is 34.5 Å². The van der Waals surface area contributed by atoms with Gasteiger partial charge in [0, 0.05) is 11.8 Å². The molecule has 0 aliphatic carbocycles. The van der Waals surface area contributed by atoms with Gasteiger partial charge in [0.2, 0.25) is 0 Å². The third-order valence-electron chi connectivity index (χ3n) is 3.15. The Morgan fingerprint density at radius 2 is 2.41 bits per heavy atom. The molecule has 2 heterocycles. The van der Waals surface area contributed by atoms with Gasteiger partial charge in [-0.15, -0.1) is 0 Å². The first-order chi connectivity index (χ1) is 8.24. The van der Waals surface area contributed by atoms with Crippen LogP contribution in [0, 0.1) is 5.82 Å². The van der Waals surface area contributed by atoms with Gasteiger partial charge in [-0.25, -0.2) is 9.18 Å². The highest BCUT2D eigenvalue weighted by Crippen LogP contribution is 2.27. The van der Waals surface area contributed by atoms with Gasteiger partial charge >= 0.3 is 5.69 Å². The van der Waals surface area contributed by atoms with Crippen molar-refractivity contribution in [1.82, 2.24) is 9.55 Å². The molecule has 1 aromatic heterocycles. The predicted molar refractivity (Wildman–Crippen MR) is 68.0 cm³/mol. The van der Waals surface area contributed by atoms with Crippen LogP contribution < -0.4 is 5.69 Å². The summed E-state index contributed by atoms with van der Waals surface area (Å²) in [5, 5.41) is 0.511. The Morgan fingerprint density at radius 1 is 1.53 bits per heavy atom. The fourth-order valence-electron chi connectivity index (χ4n) is 2.31. The third kappa shape index (κ3) is 1.99. The lowest BCUT2D eigenvalue weighted by Gasteiger charge is -2.09. The van der Waals surface area contributed by atoms with Crippen LogP contribution in [0.3, 0.4) is 0 Å². The summed E-state index contributed by atoms with van der Waals surface area (Å²) in [5.74, 6) is 0.859. The van der Waals surface area contributed by atoms with E-state index in [1.165, 1.54) is 24.3 Å². The van der Waals surface area contributed by atoms with Crippen LogP contribution in [0.4, 0.5) is 4.39 Å². The van der Waals surface area contributed by atoms with E-state index in [1.807, 2.05) is 11.8 Å². The van der Waals surface area contributed by atoms with Crippen LogP contribution in [0.5, 0.6) is 0 Å². The van der Waals surface area contributed by atoms with Crippen molar-refractivity contribution in [3.63, 3.8) is 0 Å². The van der Waals surface area contributed by atoms with Crippen molar-refractivity contribution < 1.29 is 4.39 Å². The minimum atomic E-state index is -0.318. The molecule has 3 nitrogen and oxygen atoms in total. The van der Waals surface area contributed by atoms with E-state index in [0.29, 0.717) is 10.8 Å². The zero-order valence-corrected chi connectivity index (χ0v) is 10.1. The Morgan fingerprint density at radius 3 is 3.18 bits per heavy atom. The lowest BCUT2D eigenvalue weighted by atomic mass is 10.2. The van der Waals surface area contributed by atoms with Gasteiger partial charge < -0.3 is 4.98 Å². The molecule has 0 radical (unpaired) electrons. The number of hydrogen-bond acceptors (Lipinski definition) is 2. The number of aromatic nitrogens is 2. The van der Waals surface area contributed by atoms with E-state index in [0.717, 1.165) is 18.5 Å². The standard InChI is InChI=1S/C12H13FN2OS/c13-8-3-4-11-10(6-8)14-12(16)15(11)7-9-2-1-5-17-9/h3-4,6,9H,1-2,5,7H2,(H,14,16). The number of hydrogen-bond donors (Lipinski definition) is 1. The molecule has 5 heteroatoms. The van der Waals surface area contributed by atoms with Crippen LogP contribution in [0.25, 0.3) is 11.0 Å². The maximum Gasteiger partial charge on any atom is 0.326 e. The van der Waals surface area contributed by atoms with Gasteiger partial charge in [-0.1, -0.05) is 0 Å². The topological polar surface area (TPSA) is 37.8 Å². The molecule has 1 unspecified atom stereocenters. The van der Waals surface area contributed by atoms with Crippen LogP contribution in [0.15, 0.2) is 23.0 Å². The smallest absolute Gasteiger partial charge is 0.305 e. The van der Waals surface area contributed by atoms with Crippen LogP contribution in [0.2, 0.25) is 0 Å². The molecule has 0 spiro atoms. The minimum Gasteiger partial charge on any atom is -0.305 e. The summed E-state index contributed by atoms with van der Waals surface area (Å²) in [6.07, 6.45) is 2.38. The second-order valence-corrected chi connectivity index (χ2v) is 5.75. The molecular formula is C12H13FN2OS. The molecule has 1 aliphatic heterocycles. The highest BCUT2D eigenvalue weighted by atomic mass is 32.2. The number of nitrogens with zero attached hydrogens (tertiary/aromatic N) is 1. The molecule has 90 valence electrons. The summed E-state index contributed by atoms with van der Waals surface area (Å²) >= 11 is 1.91. The van der Waals surface area contributed by atoms with Gasteiger partial charge in [-0.05, 0) is 36.8 Å². The van der Waals surface area contributed by atoms with Crippen molar-refractivity contribution in [3.8, 4) is 0 Å². The fraction of sp³-hybridized carbons (Fsp3) is 0.417. The summed E-state index contributed by atoms with van der Waals surface area (Å²) in [5.41, 5.74) is 1.24. The van der Waals surface area contributed by atoms with Gasteiger partial charge in [0.15, 0.2) is 0 Å². The van der Waals surface area contributed by atoms with Crippen molar-refractivity contribution in [1.29, 1.82) is 0 Å². The summed E-state index contributed by atoms with van der Waals surface area (Å²) in [6, 6.07) is 4.44. The van der Waals surface area contributed by atoms with Gasteiger partial charge in [-0.2, -0.15) is 11.8 Å². The summed E-state index contributed by atoms with van der Waals surface area (Å²) < 4.78 is 14.8. The average molecular weight is 252 g/mol. The van der Waals surface area contributed by atoms with E-state index in [9.17, 15) is 9.18 Å². The molecule has 1 aromatic carbocycles. The molecule has 3 rings (SSSR count). The second kappa shape index (κ2) is 4.22. The molecule has 1 aliphatic rings. The zero-order valence-electron chi connectivity index (χ0n) is 9.28. The van der Waals surface area contributed by atoms with Crippen LogP contribution in [-0.2, 0) is 6.54 Å². The number of aromatic amines is 1. The molecule has 1 saturated heterocycles. The Hall–Kier alpha value is -1.23. The summed E-state index contributed by atoms with van der Waals surface area (Å²) in [7, 11) is 0. The third-order valence-corrected chi connectivity index (χ3v) is 4.53. The summed E-state index contributed by atoms with van der Waals surface area (Å²) in [6.45, 7) is 0.717. The van der Waals surface area contributed by atoms with Gasteiger partial charge in [0.25, 0.3) is 0 Å². The maximum atomic E-state index is 13.0. The Kier molecular flexibility index (Phi) is 2.70. The van der Waals surface area contributed by atoms with Crippen LogP contribution in [-0.4, -0.2) is 20.6 Å². The van der Waals surface area contributed by atoms with Crippen LogP contribution >= 0.6 is 11.8 Å². The Balaban J connectivity index is 2.02. The first-order valence-electron chi connectivity index (χ1n) is 5.74. The number of imidazole rings is 1. The zero-order chi connectivity index (χ0) is 11.8. The molecule has 0 bridgehead atoms. The first kappa shape index (κ1) is 10.9. The number of nitrogens with one attached hydrogen (secondary N) is 1. The Labute approximate surface area is 102 Å². The summed E-state index contributed by atoms with van der Waals surface area (Å²) in [4.78, 5) is 14.5. The quantitative estimate of drug-likeness (QED) is 0.891. The molecule has 1 fully saturated rings. The van der Waals surface area contributed by atoms with Gasteiger partial charge in [-0.3, -0.25) is 4.57 Å². The van der Waals surface area contributed by atoms with E-state index in [4.69, 9.17) is 0 Å². The lowest BCUT2D eigenvalue weighted by molar-refractivity contribution is 0.627. The molecule has 1 N–H and O–H groups in total. The van der Waals surface area contributed by atoms with Crippen molar-refractivity contribution in [2.24, 2.45) is 0 Å². The SMILES string of the molecule is O=c1[nH]c2cc(F)ccc2n1CC1CCCS1. The number of rotatable bonds is 2. The van der Waals surface area contributed by atoms with Crippen molar-refractivity contribution >= 4 is 22.8 Å². The van der Waals surface area contributed by atoms with Crippen molar-refractivity contribution in [2.75, 3.05) is 5.75 Å². The lowest BCUT2D eigenvalue weighted by Crippen LogP contribution is -2.21. The average Bonchev–Trinajstić information content (AvgIpc) is 2.88. The maximum absolute atomic E-state index is 13.0. The van der Waals surface area contributed by atoms with E-state index < -0.39 is 0 Å². The van der Waals surface area contributed by atoms with Gasteiger partial charge in [0.1, 0.15) is 5.82 Å². The molecule has 0 amide bonds. The second-order valence-electron chi connectivity index (χ2n) is 4.34. The number of fused-ring (bicyclic) bond motifs is 1. The first-order valence-corrected chi connectivity index (χ1v) is 6.78. The fourth-order valence-corrected chi connectivity index (χ4v) is 3.56. The van der Waals surface area contributed by atoms with Gasteiger partial charge in [0.05, 0.1) is 11.0 Å². The predicted octanol–water partition coefficient (Wildman–Crippen LogP) is 2.36. The highest BCUT2D eigenvalue weighted by Gasteiger charge is 2.18. The molecule has 0 saturated carbocycles. The molecular weight excluding hydrogens is 239 g/mol. The van der Waals surface area contributed by atoms with Crippen LogP contribution in [0.1, 0.15) is 12.8 Å². The van der Waals surface area contributed by atoms with E-state index in [1.54, 1.807) is 10.6 Å². The minimum absolute atomic E-state index is 0.141. The highest BCUT2D eigenvalue weighted by molar-refractivity contribution is 8.00. The number of benzene rings is 1. The van der Waals surface area contributed by atoms with E-state index >= 15 is 0 Å². The normalized spacial score (nSPS) is 20.2. The number of H-pyrrole nitrogens is 1. The van der Waals surface area contributed by atoms with Crippen molar-refractivity contribution in [2.45, 2.75) is 24.6 Å². The number of thioether (sulfide) groups is 1. The molecule has 17 heavy (non-hydrogen) atoms. The molecule has 1 atom stereocenters. The molecule has 2 aromatic rings. The van der Waals surface area contributed by atoms with E-state index in [2.05, 4.69) is 4.98 Å². The van der Waals surface area contributed by atoms with E-state index in [-0.39, 0.29) is 11.5 Å². The monoisotopic (exact) mass is 252 g/mol. The largest absolute Gasteiger partial charge is 0.326 e. The Bertz CT molecular complexity index is 598. The number of halogens is 1.